The Morgan fingerprint density at radius 1 is 1.26 bits per heavy atom. The van der Waals surface area contributed by atoms with Gasteiger partial charge in [-0.25, -0.2) is 0 Å². The quantitative estimate of drug-likeness (QED) is 0.245. The van der Waals surface area contributed by atoms with Crippen molar-refractivity contribution < 1.29 is 18.4 Å². The van der Waals surface area contributed by atoms with Crippen LogP contribution < -0.4 is 11.1 Å². The smallest absolute Gasteiger partial charge is 0.389 e. The lowest BCUT2D eigenvalue weighted by molar-refractivity contribution is -0.135. The van der Waals surface area contributed by atoms with E-state index >= 15 is 0 Å². The Kier molecular flexibility index (Phi) is 5.62. The summed E-state index contributed by atoms with van der Waals surface area (Å²) in [5, 5.41) is 14.3. The molecule has 0 aliphatic carbocycles. The van der Waals surface area contributed by atoms with Crippen LogP contribution in [0.4, 0.5) is 13.2 Å². The topological polar surface area (TPSA) is 70.6 Å². The van der Waals surface area contributed by atoms with Crippen molar-refractivity contribution in [2.45, 2.75) is 25.6 Å². The van der Waals surface area contributed by atoms with Crippen LogP contribution in [0.15, 0.2) is 29.4 Å². The third kappa shape index (κ3) is 6.10. The first-order chi connectivity index (χ1) is 8.92. The first-order valence-corrected chi connectivity index (χ1v) is 5.76. The minimum atomic E-state index is -4.09. The van der Waals surface area contributed by atoms with Crippen LogP contribution >= 0.6 is 0 Å². The van der Waals surface area contributed by atoms with Gasteiger partial charge in [-0.15, -0.1) is 0 Å². The molecule has 106 valence electrons. The van der Waals surface area contributed by atoms with Gasteiger partial charge in [-0.05, 0) is 18.5 Å². The molecule has 0 aliphatic rings. The number of hydrogen-bond donors (Lipinski definition) is 3. The molecule has 0 aliphatic heterocycles. The maximum atomic E-state index is 11.9. The molecule has 0 saturated heterocycles. The van der Waals surface area contributed by atoms with Gasteiger partial charge in [-0.2, -0.15) is 13.2 Å². The number of alkyl halides is 3. The number of rotatable bonds is 6. The Balaban J connectivity index is 2.31. The zero-order valence-electron chi connectivity index (χ0n) is 10.2. The summed E-state index contributed by atoms with van der Waals surface area (Å²) >= 11 is 0. The number of nitrogens with zero attached hydrogens (tertiary/aromatic N) is 1. The standard InChI is InChI=1S/C12H16F3N3O/c13-12(14,15)6-1-7-17-8-9-2-4-10(5-3-9)11(16)18-19/h2-5,17,19H,1,6-8H2,(H2,16,18). The molecular weight excluding hydrogens is 259 g/mol. The highest BCUT2D eigenvalue weighted by molar-refractivity contribution is 5.96. The number of nitrogens with one attached hydrogen (secondary N) is 1. The largest absolute Gasteiger partial charge is 0.409 e. The van der Waals surface area contributed by atoms with Gasteiger partial charge in [0.2, 0.25) is 0 Å². The Morgan fingerprint density at radius 3 is 2.42 bits per heavy atom. The summed E-state index contributed by atoms with van der Waals surface area (Å²) in [5.74, 6) is 0.0182. The number of nitrogens with two attached hydrogens (primary N) is 1. The fourth-order valence-electron chi connectivity index (χ4n) is 1.50. The summed E-state index contributed by atoms with van der Waals surface area (Å²) in [4.78, 5) is 0. The predicted molar refractivity (Wildman–Crippen MR) is 65.9 cm³/mol. The first-order valence-electron chi connectivity index (χ1n) is 5.76. The normalized spacial score (nSPS) is 12.7. The average molecular weight is 275 g/mol. The molecule has 0 aromatic heterocycles. The molecule has 0 spiro atoms. The molecule has 1 rings (SSSR count). The van der Waals surface area contributed by atoms with Crippen LogP contribution in [0.25, 0.3) is 0 Å². The summed E-state index contributed by atoms with van der Waals surface area (Å²) in [6.45, 7) is 0.788. The minimum Gasteiger partial charge on any atom is -0.409 e. The maximum absolute atomic E-state index is 11.9. The van der Waals surface area contributed by atoms with Gasteiger partial charge >= 0.3 is 6.18 Å². The number of oxime groups is 1. The van der Waals surface area contributed by atoms with Crippen molar-refractivity contribution in [3.05, 3.63) is 35.4 Å². The second-order valence-corrected chi connectivity index (χ2v) is 4.08. The maximum Gasteiger partial charge on any atom is 0.389 e. The van der Waals surface area contributed by atoms with Gasteiger partial charge in [0.25, 0.3) is 0 Å². The molecule has 19 heavy (non-hydrogen) atoms. The van der Waals surface area contributed by atoms with Gasteiger partial charge < -0.3 is 16.3 Å². The van der Waals surface area contributed by atoms with Crippen molar-refractivity contribution in [1.29, 1.82) is 0 Å². The number of halogens is 3. The van der Waals surface area contributed by atoms with E-state index in [1.807, 2.05) is 0 Å². The van der Waals surface area contributed by atoms with E-state index in [0.717, 1.165) is 5.56 Å². The molecular formula is C12H16F3N3O. The summed E-state index contributed by atoms with van der Waals surface area (Å²) in [7, 11) is 0. The molecule has 0 bridgehead atoms. The fraction of sp³-hybridized carbons (Fsp3) is 0.417. The molecule has 0 heterocycles. The Bertz CT molecular complexity index is 415. The minimum absolute atomic E-state index is 0.0182. The monoisotopic (exact) mass is 275 g/mol. The molecule has 4 N–H and O–H groups in total. The van der Waals surface area contributed by atoms with Crippen molar-refractivity contribution >= 4 is 5.84 Å². The van der Waals surface area contributed by atoms with Crippen LogP contribution in [0.3, 0.4) is 0 Å². The lowest BCUT2D eigenvalue weighted by Gasteiger charge is -2.07. The van der Waals surface area contributed by atoms with Crippen LogP contribution in [0, 0.1) is 0 Å². The van der Waals surface area contributed by atoms with Crippen LogP contribution in [0.2, 0.25) is 0 Å². The summed E-state index contributed by atoms with van der Waals surface area (Å²) in [6, 6.07) is 6.90. The van der Waals surface area contributed by atoms with Gasteiger partial charge in [0.1, 0.15) is 0 Å². The number of hydrogen-bond acceptors (Lipinski definition) is 3. The highest BCUT2D eigenvalue weighted by Crippen LogP contribution is 2.20. The molecule has 4 nitrogen and oxygen atoms in total. The second-order valence-electron chi connectivity index (χ2n) is 4.08. The Morgan fingerprint density at radius 2 is 1.89 bits per heavy atom. The number of amidine groups is 1. The summed E-state index contributed by atoms with van der Waals surface area (Å²) in [6.07, 6.45) is -4.81. The molecule has 0 amide bonds. The van der Waals surface area contributed by atoms with Crippen LogP contribution in [-0.2, 0) is 6.54 Å². The van der Waals surface area contributed by atoms with E-state index in [4.69, 9.17) is 10.9 Å². The van der Waals surface area contributed by atoms with Crippen LogP contribution in [-0.4, -0.2) is 23.8 Å². The Hall–Kier alpha value is -1.76. The van der Waals surface area contributed by atoms with E-state index in [2.05, 4.69) is 10.5 Å². The lowest BCUT2D eigenvalue weighted by atomic mass is 10.1. The van der Waals surface area contributed by atoms with Gasteiger partial charge in [0, 0.05) is 18.5 Å². The first kappa shape index (κ1) is 15.3. The third-order valence-corrected chi connectivity index (χ3v) is 2.50. The molecule has 0 atom stereocenters. The van der Waals surface area contributed by atoms with E-state index in [0.29, 0.717) is 18.7 Å². The third-order valence-electron chi connectivity index (χ3n) is 2.50. The van der Waals surface area contributed by atoms with Gasteiger partial charge in [-0.3, -0.25) is 0 Å². The SMILES string of the molecule is N/C(=N/O)c1ccc(CNCCCC(F)(F)F)cc1. The zero-order valence-corrected chi connectivity index (χ0v) is 10.2. The molecule has 1 aromatic rings. The van der Waals surface area contributed by atoms with E-state index < -0.39 is 12.6 Å². The van der Waals surface area contributed by atoms with E-state index in [1.165, 1.54) is 0 Å². The highest BCUT2D eigenvalue weighted by atomic mass is 19.4. The lowest BCUT2D eigenvalue weighted by Crippen LogP contribution is -2.18. The van der Waals surface area contributed by atoms with Crippen molar-refractivity contribution in [1.82, 2.24) is 5.32 Å². The molecule has 7 heteroatoms. The summed E-state index contributed by atoms with van der Waals surface area (Å²) in [5.41, 5.74) is 6.91. The van der Waals surface area contributed by atoms with E-state index in [-0.39, 0.29) is 12.3 Å². The van der Waals surface area contributed by atoms with Gasteiger partial charge in [0.05, 0.1) is 0 Å². The van der Waals surface area contributed by atoms with Crippen LogP contribution in [0.1, 0.15) is 24.0 Å². The predicted octanol–water partition coefficient (Wildman–Crippen LogP) is 2.21. The highest BCUT2D eigenvalue weighted by Gasteiger charge is 2.25. The van der Waals surface area contributed by atoms with Crippen molar-refractivity contribution in [2.24, 2.45) is 10.9 Å². The average Bonchev–Trinajstić information content (AvgIpc) is 2.37. The van der Waals surface area contributed by atoms with E-state index in [9.17, 15) is 13.2 Å². The second kappa shape index (κ2) is 6.98. The van der Waals surface area contributed by atoms with Crippen molar-refractivity contribution in [3.63, 3.8) is 0 Å². The number of benzene rings is 1. The molecule has 0 fully saturated rings. The van der Waals surface area contributed by atoms with Gasteiger partial charge in [-0.1, -0.05) is 29.4 Å². The molecule has 0 unspecified atom stereocenters. The summed E-state index contributed by atoms with van der Waals surface area (Å²) < 4.78 is 35.7. The van der Waals surface area contributed by atoms with Crippen molar-refractivity contribution in [2.75, 3.05) is 6.54 Å². The van der Waals surface area contributed by atoms with Gasteiger partial charge in [0.15, 0.2) is 5.84 Å². The zero-order chi connectivity index (χ0) is 14.3. The van der Waals surface area contributed by atoms with E-state index in [1.54, 1.807) is 24.3 Å². The fourth-order valence-corrected chi connectivity index (χ4v) is 1.50. The molecule has 0 radical (unpaired) electrons. The van der Waals surface area contributed by atoms with Crippen LogP contribution in [0.5, 0.6) is 0 Å². The Labute approximate surface area is 109 Å². The molecule has 1 aromatic carbocycles. The molecule has 0 saturated carbocycles. The van der Waals surface area contributed by atoms with Crippen molar-refractivity contribution in [3.8, 4) is 0 Å².